The Bertz CT molecular complexity index is 627. The molecular weight excluding hydrogens is 314 g/mol. The number of alkyl halides is 1. The summed E-state index contributed by atoms with van der Waals surface area (Å²) in [6.45, 7) is 2.15. The molecule has 2 bridgehead atoms. The average molecular weight is 334 g/mol. The predicted octanol–water partition coefficient (Wildman–Crippen LogP) is 1.89. The number of aliphatic hydroxyl groups excluding tert-OH is 1. The van der Waals surface area contributed by atoms with Gasteiger partial charge in [0, 0.05) is 5.56 Å². The number of hydrogen-bond acceptors (Lipinski definition) is 4. The molecular formula is C18H20ClNO3. The smallest absolute Gasteiger partial charge is 0.339 e. The number of rotatable bonds is 3. The first kappa shape index (κ1) is 16.3. The Morgan fingerprint density at radius 1 is 1.35 bits per heavy atom. The Hall–Kier alpha value is -1.54. The van der Waals surface area contributed by atoms with Gasteiger partial charge in [0.2, 0.25) is 0 Å². The maximum absolute atomic E-state index is 12.1. The third-order valence-corrected chi connectivity index (χ3v) is 4.74. The summed E-state index contributed by atoms with van der Waals surface area (Å²) >= 11 is 5.55. The minimum Gasteiger partial charge on any atom is -0.461 e. The van der Waals surface area contributed by atoms with Crippen molar-refractivity contribution in [3.05, 3.63) is 35.4 Å². The highest BCUT2D eigenvalue weighted by Gasteiger charge is 2.40. The Kier molecular flexibility index (Phi) is 5.22. The van der Waals surface area contributed by atoms with Crippen LogP contribution in [0.2, 0.25) is 0 Å². The Morgan fingerprint density at radius 3 is 2.78 bits per heavy atom. The van der Waals surface area contributed by atoms with Crippen LogP contribution < -0.4 is 0 Å². The van der Waals surface area contributed by atoms with E-state index in [0.717, 1.165) is 25.9 Å². The fraction of sp³-hybridized carbons (Fsp3) is 0.500. The number of halogens is 1. The zero-order chi connectivity index (χ0) is 16.2. The lowest BCUT2D eigenvalue weighted by Crippen LogP contribution is -2.57. The van der Waals surface area contributed by atoms with Crippen molar-refractivity contribution >= 4 is 17.6 Å². The van der Waals surface area contributed by atoms with E-state index < -0.39 is 12.1 Å². The van der Waals surface area contributed by atoms with Crippen LogP contribution in [0.4, 0.5) is 0 Å². The molecule has 0 spiro atoms. The number of fused-ring (bicyclic) bond motifs is 3. The van der Waals surface area contributed by atoms with Crippen molar-refractivity contribution in [1.29, 1.82) is 0 Å². The van der Waals surface area contributed by atoms with Gasteiger partial charge in [0.25, 0.3) is 0 Å². The molecule has 0 amide bonds. The van der Waals surface area contributed by atoms with Crippen molar-refractivity contribution in [3.8, 4) is 11.8 Å². The second-order valence-electron chi connectivity index (χ2n) is 5.95. The van der Waals surface area contributed by atoms with Gasteiger partial charge in [-0.1, -0.05) is 24.0 Å². The summed E-state index contributed by atoms with van der Waals surface area (Å²) in [5, 5.41) is 10.4. The highest BCUT2D eigenvalue weighted by Crippen LogP contribution is 2.31. The summed E-state index contributed by atoms with van der Waals surface area (Å²) in [4.78, 5) is 14.3. The van der Waals surface area contributed by atoms with E-state index in [2.05, 4.69) is 16.7 Å². The molecule has 5 heteroatoms. The first-order chi connectivity index (χ1) is 11.2. The van der Waals surface area contributed by atoms with Crippen molar-refractivity contribution in [1.82, 2.24) is 4.90 Å². The van der Waals surface area contributed by atoms with E-state index in [0.29, 0.717) is 17.0 Å². The van der Waals surface area contributed by atoms with Gasteiger partial charge in [-0.05, 0) is 44.0 Å². The first-order valence-electron chi connectivity index (χ1n) is 7.96. The van der Waals surface area contributed by atoms with Gasteiger partial charge in [0.15, 0.2) is 0 Å². The van der Waals surface area contributed by atoms with Gasteiger partial charge < -0.3 is 9.84 Å². The third-order valence-electron chi connectivity index (χ3n) is 4.59. The van der Waals surface area contributed by atoms with Crippen molar-refractivity contribution in [2.45, 2.75) is 25.0 Å². The predicted molar refractivity (Wildman–Crippen MR) is 88.4 cm³/mol. The number of ether oxygens (including phenoxy) is 1. The lowest BCUT2D eigenvalue weighted by Gasteiger charge is -2.46. The SMILES string of the molecule is O=C(OCCCl)c1ccccc1C#CC1C(O)C2CCN1CC2. The normalized spacial score (nSPS) is 28.8. The molecule has 3 aliphatic heterocycles. The molecule has 3 heterocycles. The van der Waals surface area contributed by atoms with Crippen LogP contribution in [0.1, 0.15) is 28.8 Å². The van der Waals surface area contributed by atoms with E-state index in [-0.39, 0.29) is 18.5 Å². The Morgan fingerprint density at radius 2 is 2.09 bits per heavy atom. The van der Waals surface area contributed by atoms with E-state index >= 15 is 0 Å². The lowest BCUT2D eigenvalue weighted by molar-refractivity contribution is -0.0500. The minimum atomic E-state index is -0.415. The molecule has 122 valence electrons. The van der Waals surface area contributed by atoms with Crippen LogP contribution >= 0.6 is 11.6 Å². The monoisotopic (exact) mass is 333 g/mol. The molecule has 0 aromatic heterocycles. The molecule has 3 fully saturated rings. The summed E-state index contributed by atoms with van der Waals surface area (Å²) in [6.07, 6.45) is 1.68. The molecule has 1 N–H and O–H groups in total. The molecule has 23 heavy (non-hydrogen) atoms. The van der Waals surface area contributed by atoms with Gasteiger partial charge in [-0.25, -0.2) is 4.79 Å². The van der Waals surface area contributed by atoms with Gasteiger partial charge >= 0.3 is 5.97 Å². The van der Waals surface area contributed by atoms with E-state index in [1.165, 1.54) is 0 Å². The summed E-state index contributed by atoms with van der Waals surface area (Å²) in [6, 6.07) is 6.97. The summed E-state index contributed by atoms with van der Waals surface area (Å²) in [5.74, 6) is 6.44. The highest BCUT2D eigenvalue weighted by atomic mass is 35.5. The Balaban J connectivity index is 1.80. The molecule has 2 unspecified atom stereocenters. The van der Waals surface area contributed by atoms with E-state index in [1.807, 2.05) is 6.07 Å². The number of piperidine rings is 3. The zero-order valence-electron chi connectivity index (χ0n) is 12.9. The number of nitrogens with zero attached hydrogens (tertiary/aromatic N) is 1. The molecule has 1 aromatic carbocycles. The fourth-order valence-corrected chi connectivity index (χ4v) is 3.40. The van der Waals surface area contributed by atoms with Gasteiger partial charge in [-0.2, -0.15) is 0 Å². The molecule has 0 saturated carbocycles. The van der Waals surface area contributed by atoms with Crippen molar-refractivity contribution in [3.63, 3.8) is 0 Å². The standard InChI is InChI=1S/C18H20ClNO3/c19-9-12-23-18(22)15-4-2-1-3-13(15)5-6-16-17(21)14-7-10-20(16)11-8-14/h1-4,14,16-17,21H,7-12H2. The zero-order valence-corrected chi connectivity index (χ0v) is 13.6. The third kappa shape index (κ3) is 3.53. The quantitative estimate of drug-likeness (QED) is 0.521. The van der Waals surface area contributed by atoms with E-state index in [1.54, 1.807) is 18.2 Å². The number of aliphatic hydroxyl groups is 1. The van der Waals surface area contributed by atoms with Crippen LogP contribution in [0.3, 0.4) is 0 Å². The van der Waals surface area contributed by atoms with E-state index in [9.17, 15) is 9.90 Å². The van der Waals surface area contributed by atoms with Crippen LogP contribution in [0.15, 0.2) is 24.3 Å². The highest BCUT2D eigenvalue weighted by molar-refractivity contribution is 6.18. The maximum Gasteiger partial charge on any atom is 0.339 e. The lowest BCUT2D eigenvalue weighted by atomic mass is 9.81. The number of carbonyl (C=O) groups excluding carboxylic acids is 1. The summed E-state index contributed by atoms with van der Waals surface area (Å²) < 4.78 is 5.08. The fourth-order valence-electron chi connectivity index (χ4n) is 3.32. The average Bonchev–Trinajstić information content (AvgIpc) is 2.60. The van der Waals surface area contributed by atoms with Crippen LogP contribution in [0, 0.1) is 17.8 Å². The maximum atomic E-state index is 12.1. The van der Waals surface area contributed by atoms with Crippen molar-refractivity contribution in [2.24, 2.45) is 5.92 Å². The van der Waals surface area contributed by atoms with Crippen molar-refractivity contribution < 1.29 is 14.6 Å². The Labute approximate surface area is 141 Å². The molecule has 0 radical (unpaired) electrons. The van der Waals surface area contributed by atoms with Crippen molar-refractivity contribution in [2.75, 3.05) is 25.6 Å². The first-order valence-corrected chi connectivity index (χ1v) is 8.50. The van der Waals surface area contributed by atoms with Gasteiger partial charge in [-0.15, -0.1) is 11.6 Å². The van der Waals surface area contributed by atoms with Crippen LogP contribution in [0.5, 0.6) is 0 Å². The largest absolute Gasteiger partial charge is 0.461 e. The second kappa shape index (κ2) is 7.35. The topological polar surface area (TPSA) is 49.8 Å². The van der Waals surface area contributed by atoms with Crippen LogP contribution in [-0.2, 0) is 4.74 Å². The molecule has 4 nitrogen and oxygen atoms in total. The number of hydrogen-bond donors (Lipinski definition) is 1. The summed E-state index contributed by atoms with van der Waals surface area (Å²) in [7, 11) is 0. The van der Waals surface area contributed by atoms with Gasteiger partial charge in [0.05, 0.1) is 23.6 Å². The number of carbonyl (C=O) groups is 1. The molecule has 0 aliphatic carbocycles. The number of esters is 1. The number of benzene rings is 1. The molecule has 3 aliphatic rings. The van der Waals surface area contributed by atoms with Gasteiger partial charge in [-0.3, -0.25) is 4.90 Å². The van der Waals surface area contributed by atoms with E-state index in [4.69, 9.17) is 16.3 Å². The molecule has 2 atom stereocenters. The molecule has 1 aromatic rings. The second-order valence-corrected chi connectivity index (χ2v) is 6.33. The van der Waals surface area contributed by atoms with Crippen LogP contribution in [0.25, 0.3) is 0 Å². The molecule has 4 rings (SSSR count). The van der Waals surface area contributed by atoms with Crippen LogP contribution in [-0.4, -0.2) is 53.7 Å². The minimum absolute atomic E-state index is 0.144. The summed E-state index contributed by atoms with van der Waals surface area (Å²) in [5.41, 5.74) is 1.07. The molecule has 3 saturated heterocycles. The van der Waals surface area contributed by atoms with Gasteiger partial charge in [0.1, 0.15) is 6.61 Å².